The molecule has 128 valence electrons. The average molecular weight is 324 g/mol. The molecule has 7 heteroatoms. The number of carboxylic acids is 1. The molecule has 1 aromatic carbocycles. The maximum absolute atomic E-state index is 12.0. The number of carboxylic acid groups (broad SMARTS) is 1. The second-order valence-electron chi connectivity index (χ2n) is 5.31. The van der Waals surface area contributed by atoms with E-state index in [4.69, 9.17) is 14.9 Å². The summed E-state index contributed by atoms with van der Waals surface area (Å²) in [6.07, 6.45) is -0.178. The zero-order valence-corrected chi connectivity index (χ0v) is 13.5. The number of aliphatic carboxylic acids is 1. The summed E-state index contributed by atoms with van der Waals surface area (Å²) in [5, 5.41) is 23.2. The van der Waals surface area contributed by atoms with Crippen LogP contribution < -0.4 is 10.6 Å². The molecule has 1 atom stereocenters. The van der Waals surface area contributed by atoms with Gasteiger partial charge in [0.15, 0.2) is 0 Å². The van der Waals surface area contributed by atoms with Crippen LogP contribution in [0.4, 0.5) is 5.69 Å². The highest BCUT2D eigenvalue weighted by Gasteiger charge is 2.20. The number of ether oxygens (including phenoxy) is 1. The zero-order chi connectivity index (χ0) is 17.2. The number of aliphatic hydroxyl groups is 1. The zero-order valence-electron chi connectivity index (χ0n) is 13.5. The number of carbonyl (C=O) groups excluding carboxylic acids is 1. The predicted octanol–water partition coefficient (Wildman–Crippen LogP) is 0.684. The largest absolute Gasteiger partial charge is 0.480 e. The Labute approximate surface area is 135 Å². The number of hydrogen-bond donors (Lipinski definition) is 4. The lowest BCUT2D eigenvalue weighted by molar-refractivity contribution is -0.141. The van der Waals surface area contributed by atoms with Crippen LogP contribution in [-0.4, -0.2) is 54.5 Å². The number of aryl methyl sites for hydroxylation is 2. The predicted molar refractivity (Wildman–Crippen MR) is 86.5 cm³/mol. The fourth-order valence-electron chi connectivity index (χ4n) is 2.16. The molecule has 0 saturated heterocycles. The van der Waals surface area contributed by atoms with Crippen LogP contribution in [-0.2, 0) is 14.3 Å². The smallest absolute Gasteiger partial charge is 0.321 e. The number of benzene rings is 1. The van der Waals surface area contributed by atoms with Crippen LogP contribution in [0.3, 0.4) is 0 Å². The minimum Gasteiger partial charge on any atom is -0.480 e. The van der Waals surface area contributed by atoms with E-state index in [2.05, 4.69) is 10.6 Å². The lowest BCUT2D eigenvalue weighted by Gasteiger charge is -2.15. The molecular formula is C16H24N2O5. The van der Waals surface area contributed by atoms with Crippen molar-refractivity contribution in [1.82, 2.24) is 5.32 Å². The van der Waals surface area contributed by atoms with Crippen LogP contribution >= 0.6 is 0 Å². The maximum Gasteiger partial charge on any atom is 0.321 e. The Balaban J connectivity index is 2.48. The summed E-state index contributed by atoms with van der Waals surface area (Å²) in [5.41, 5.74) is 2.70. The number of anilines is 1. The van der Waals surface area contributed by atoms with Gasteiger partial charge in [-0.2, -0.15) is 0 Å². The van der Waals surface area contributed by atoms with E-state index in [1.165, 1.54) is 0 Å². The number of carbonyl (C=O) groups is 2. The van der Waals surface area contributed by atoms with Crippen molar-refractivity contribution in [2.24, 2.45) is 0 Å². The minimum absolute atomic E-state index is 0.0827. The van der Waals surface area contributed by atoms with E-state index in [-0.39, 0.29) is 38.7 Å². The molecule has 0 heterocycles. The second-order valence-corrected chi connectivity index (χ2v) is 5.31. The normalized spacial score (nSPS) is 12.0. The third-order valence-electron chi connectivity index (χ3n) is 3.07. The Kier molecular flexibility index (Phi) is 8.25. The Bertz CT molecular complexity index is 513. The molecular weight excluding hydrogens is 300 g/mol. The monoisotopic (exact) mass is 324 g/mol. The molecule has 0 radical (unpaired) electrons. The van der Waals surface area contributed by atoms with Crippen molar-refractivity contribution in [2.75, 3.05) is 31.7 Å². The van der Waals surface area contributed by atoms with E-state index in [9.17, 15) is 9.59 Å². The first-order valence-electron chi connectivity index (χ1n) is 7.45. The third-order valence-corrected chi connectivity index (χ3v) is 3.07. The Hall–Kier alpha value is -1.96. The van der Waals surface area contributed by atoms with Gasteiger partial charge >= 0.3 is 5.97 Å². The molecule has 0 saturated carbocycles. The molecule has 0 aliphatic rings. The lowest BCUT2D eigenvalue weighted by atomic mass is 10.1. The lowest BCUT2D eigenvalue weighted by Crippen LogP contribution is -2.41. The maximum atomic E-state index is 12.0. The molecule has 0 fully saturated rings. The van der Waals surface area contributed by atoms with E-state index in [0.717, 1.165) is 11.1 Å². The summed E-state index contributed by atoms with van der Waals surface area (Å²) >= 11 is 0. The minimum atomic E-state index is -1.09. The highest BCUT2D eigenvalue weighted by atomic mass is 16.5. The fraction of sp³-hybridized carbons (Fsp3) is 0.500. The Morgan fingerprint density at radius 2 is 1.83 bits per heavy atom. The van der Waals surface area contributed by atoms with Crippen molar-refractivity contribution in [3.63, 3.8) is 0 Å². The van der Waals surface area contributed by atoms with Crippen molar-refractivity contribution >= 4 is 17.6 Å². The van der Waals surface area contributed by atoms with Crippen LogP contribution in [0.5, 0.6) is 0 Å². The van der Waals surface area contributed by atoms with E-state index < -0.39 is 12.0 Å². The third kappa shape index (κ3) is 7.73. The van der Waals surface area contributed by atoms with Gasteiger partial charge in [0.2, 0.25) is 5.91 Å². The van der Waals surface area contributed by atoms with Gasteiger partial charge in [-0.05, 0) is 37.1 Å². The van der Waals surface area contributed by atoms with Gasteiger partial charge in [0.25, 0.3) is 0 Å². The van der Waals surface area contributed by atoms with Crippen molar-refractivity contribution in [2.45, 2.75) is 26.3 Å². The molecule has 0 aromatic heterocycles. The summed E-state index contributed by atoms with van der Waals surface area (Å²) in [4.78, 5) is 23.2. The molecule has 0 bridgehead atoms. The summed E-state index contributed by atoms with van der Waals surface area (Å²) < 4.78 is 5.03. The first-order valence-corrected chi connectivity index (χ1v) is 7.45. The second kappa shape index (κ2) is 9.94. The van der Waals surface area contributed by atoms with Crippen LogP contribution in [0.2, 0.25) is 0 Å². The highest BCUT2D eigenvalue weighted by Crippen LogP contribution is 2.14. The first kappa shape index (κ1) is 19.1. The summed E-state index contributed by atoms with van der Waals surface area (Å²) in [6, 6.07) is 4.66. The molecule has 1 unspecified atom stereocenters. The molecule has 0 aliphatic heterocycles. The van der Waals surface area contributed by atoms with Gasteiger partial charge in [-0.1, -0.05) is 6.07 Å². The topological polar surface area (TPSA) is 108 Å². The number of aliphatic hydroxyl groups excluding tert-OH is 1. The molecule has 4 N–H and O–H groups in total. The Morgan fingerprint density at radius 1 is 1.17 bits per heavy atom. The van der Waals surface area contributed by atoms with E-state index in [1.54, 1.807) is 0 Å². The van der Waals surface area contributed by atoms with Crippen molar-refractivity contribution in [3.05, 3.63) is 29.3 Å². The van der Waals surface area contributed by atoms with E-state index >= 15 is 0 Å². The summed E-state index contributed by atoms with van der Waals surface area (Å²) in [7, 11) is 0. The molecule has 0 spiro atoms. The molecule has 1 aromatic rings. The summed E-state index contributed by atoms with van der Waals surface area (Å²) in [5.74, 6) is -1.46. The van der Waals surface area contributed by atoms with Gasteiger partial charge < -0.3 is 25.6 Å². The number of hydrogen-bond acceptors (Lipinski definition) is 5. The van der Waals surface area contributed by atoms with Crippen molar-refractivity contribution in [1.29, 1.82) is 0 Å². The molecule has 7 nitrogen and oxygen atoms in total. The van der Waals surface area contributed by atoms with Crippen LogP contribution in [0.25, 0.3) is 0 Å². The van der Waals surface area contributed by atoms with Crippen molar-refractivity contribution < 1.29 is 24.5 Å². The van der Waals surface area contributed by atoms with Crippen LogP contribution in [0.15, 0.2) is 18.2 Å². The van der Waals surface area contributed by atoms with Gasteiger partial charge in [0.05, 0.1) is 26.2 Å². The average Bonchev–Trinajstić information content (AvgIpc) is 2.44. The van der Waals surface area contributed by atoms with Crippen molar-refractivity contribution in [3.8, 4) is 0 Å². The van der Waals surface area contributed by atoms with Gasteiger partial charge in [-0.3, -0.25) is 9.59 Å². The number of nitrogens with one attached hydrogen (secondary N) is 2. The summed E-state index contributed by atoms with van der Waals surface area (Å²) in [6.45, 7) is 4.53. The molecule has 1 amide bonds. The van der Waals surface area contributed by atoms with Gasteiger partial charge in [-0.15, -0.1) is 0 Å². The fourth-order valence-corrected chi connectivity index (χ4v) is 2.16. The Morgan fingerprint density at radius 3 is 2.39 bits per heavy atom. The number of rotatable bonds is 10. The van der Waals surface area contributed by atoms with E-state index in [0.29, 0.717) is 5.69 Å². The van der Waals surface area contributed by atoms with E-state index in [1.807, 2.05) is 32.0 Å². The first-order chi connectivity index (χ1) is 10.9. The molecule has 23 heavy (non-hydrogen) atoms. The SMILES string of the molecule is Cc1cc(C)cc(NC(=O)CC(NCCOCCO)C(=O)O)c1. The van der Waals surface area contributed by atoms with Gasteiger partial charge in [0, 0.05) is 12.2 Å². The molecule has 1 rings (SSSR count). The van der Waals surface area contributed by atoms with Gasteiger partial charge in [-0.25, -0.2) is 0 Å². The quantitative estimate of drug-likeness (QED) is 0.472. The number of amides is 1. The van der Waals surface area contributed by atoms with Gasteiger partial charge in [0.1, 0.15) is 6.04 Å². The van der Waals surface area contributed by atoms with Crippen LogP contribution in [0.1, 0.15) is 17.5 Å². The standard InChI is InChI=1S/C16H24N2O5/c1-11-7-12(2)9-13(8-11)18-15(20)10-14(16(21)22)17-3-5-23-6-4-19/h7-9,14,17,19H,3-6,10H2,1-2H3,(H,18,20)(H,21,22). The van der Waals surface area contributed by atoms with Crippen LogP contribution in [0, 0.1) is 13.8 Å². The molecule has 0 aliphatic carbocycles. The highest BCUT2D eigenvalue weighted by molar-refractivity contribution is 5.94.